The molecule has 0 radical (unpaired) electrons. The van der Waals surface area contributed by atoms with E-state index in [0.717, 1.165) is 16.7 Å². The normalized spacial score (nSPS) is 12.5. The summed E-state index contributed by atoms with van der Waals surface area (Å²) in [4.78, 5) is 0. The molecule has 2 aromatic rings. The number of hydrogen-bond acceptors (Lipinski definition) is 1. The summed E-state index contributed by atoms with van der Waals surface area (Å²) < 4.78 is 28.0. The van der Waals surface area contributed by atoms with Crippen LogP contribution in [-0.4, -0.2) is 7.05 Å². The van der Waals surface area contributed by atoms with Gasteiger partial charge in [0.25, 0.3) is 0 Å². The van der Waals surface area contributed by atoms with Gasteiger partial charge in [-0.05, 0) is 66.5 Å². The smallest absolute Gasteiger partial charge is 0.137 e. The molecule has 112 valence electrons. The average Bonchev–Trinajstić information content (AvgIpc) is 2.44. The van der Waals surface area contributed by atoms with Crippen LogP contribution in [-0.2, 0) is 6.42 Å². The van der Waals surface area contributed by atoms with Crippen molar-refractivity contribution >= 4 is 15.9 Å². The first-order valence-corrected chi connectivity index (χ1v) is 7.59. The first-order valence-electron chi connectivity index (χ1n) is 6.80. The van der Waals surface area contributed by atoms with Gasteiger partial charge in [0.2, 0.25) is 0 Å². The summed E-state index contributed by atoms with van der Waals surface area (Å²) >= 11 is 3.00. The molecule has 2 rings (SSSR count). The van der Waals surface area contributed by atoms with Gasteiger partial charge in [-0.1, -0.05) is 23.8 Å². The third-order valence-corrected chi connectivity index (χ3v) is 4.30. The lowest BCUT2D eigenvalue weighted by molar-refractivity contribution is 0.520. The topological polar surface area (TPSA) is 12.0 Å². The van der Waals surface area contributed by atoms with E-state index < -0.39 is 11.6 Å². The minimum Gasteiger partial charge on any atom is -0.313 e. The van der Waals surface area contributed by atoms with Crippen molar-refractivity contribution in [1.82, 2.24) is 5.32 Å². The zero-order valence-electron chi connectivity index (χ0n) is 12.3. The molecule has 0 saturated heterocycles. The van der Waals surface area contributed by atoms with E-state index in [2.05, 4.69) is 33.4 Å². The van der Waals surface area contributed by atoms with E-state index in [9.17, 15) is 8.78 Å². The summed E-state index contributed by atoms with van der Waals surface area (Å²) in [6.45, 7) is 4.05. The van der Waals surface area contributed by atoms with E-state index in [1.165, 1.54) is 12.1 Å². The van der Waals surface area contributed by atoms with Crippen LogP contribution in [0.15, 0.2) is 34.8 Å². The molecule has 0 amide bonds. The van der Waals surface area contributed by atoms with Crippen LogP contribution in [0.2, 0.25) is 0 Å². The third-order valence-electron chi connectivity index (χ3n) is 3.69. The lowest BCUT2D eigenvalue weighted by Gasteiger charge is -2.19. The predicted molar refractivity (Wildman–Crippen MR) is 85.5 cm³/mol. The highest BCUT2D eigenvalue weighted by Gasteiger charge is 2.18. The molecular formula is C17H18BrF2N. The fourth-order valence-electron chi connectivity index (χ4n) is 2.41. The van der Waals surface area contributed by atoms with E-state index >= 15 is 0 Å². The van der Waals surface area contributed by atoms with Crippen molar-refractivity contribution in [3.8, 4) is 0 Å². The molecule has 1 atom stereocenters. The van der Waals surface area contributed by atoms with Crippen molar-refractivity contribution in [1.29, 1.82) is 0 Å². The molecule has 4 heteroatoms. The monoisotopic (exact) mass is 353 g/mol. The molecule has 1 unspecified atom stereocenters. The van der Waals surface area contributed by atoms with Crippen molar-refractivity contribution in [3.05, 3.63) is 68.7 Å². The van der Waals surface area contributed by atoms with Crippen molar-refractivity contribution < 1.29 is 8.78 Å². The molecule has 0 bridgehead atoms. The van der Waals surface area contributed by atoms with Gasteiger partial charge in [0.05, 0.1) is 4.47 Å². The van der Waals surface area contributed by atoms with Crippen LogP contribution in [0, 0.1) is 25.5 Å². The summed E-state index contributed by atoms with van der Waals surface area (Å²) in [5, 5.41) is 3.08. The van der Waals surface area contributed by atoms with Crippen molar-refractivity contribution in [2.75, 3.05) is 7.05 Å². The second-order valence-electron chi connectivity index (χ2n) is 5.26. The summed E-state index contributed by atoms with van der Waals surface area (Å²) in [7, 11) is 1.76. The molecule has 0 spiro atoms. The largest absolute Gasteiger partial charge is 0.313 e. The number of benzene rings is 2. The molecule has 0 aliphatic rings. The van der Waals surface area contributed by atoms with Crippen LogP contribution >= 0.6 is 15.9 Å². The standard InChI is InChI=1S/C17H18BrF2N/c1-10-4-5-11(2)12(6-10)7-17(21-3)13-8-16(20)14(18)9-15(13)19/h4-6,8-9,17,21H,7H2,1-3H3. The third kappa shape index (κ3) is 3.69. The molecule has 21 heavy (non-hydrogen) atoms. The van der Waals surface area contributed by atoms with Gasteiger partial charge >= 0.3 is 0 Å². The van der Waals surface area contributed by atoms with Gasteiger partial charge < -0.3 is 5.32 Å². The summed E-state index contributed by atoms with van der Waals surface area (Å²) in [6.07, 6.45) is 0.613. The molecule has 1 N–H and O–H groups in total. The molecule has 0 aliphatic heterocycles. The molecule has 0 fully saturated rings. The Morgan fingerprint density at radius 3 is 2.48 bits per heavy atom. The molecular weight excluding hydrogens is 336 g/mol. The fourth-order valence-corrected chi connectivity index (χ4v) is 2.73. The van der Waals surface area contributed by atoms with E-state index in [1.54, 1.807) is 7.05 Å². The number of hydrogen-bond donors (Lipinski definition) is 1. The van der Waals surface area contributed by atoms with Crippen molar-refractivity contribution in [2.45, 2.75) is 26.3 Å². The lowest BCUT2D eigenvalue weighted by atomic mass is 9.94. The first kappa shape index (κ1) is 16.1. The van der Waals surface area contributed by atoms with Gasteiger partial charge in [0.1, 0.15) is 11.6 Å². The van der Waals surface area contributed by atoms with Crippen LogP contribution in [0.4, 0.5) is 8.78 Å². The maximum absolute atomic E-state index is 14.1. The minimum absolute atomic E-state index is 0.144. The summed E-state index contributed by atoms with van der Waals surface area (Å²) in [6, 6.07) is 8.35. The van der Waals surface area contributed by atoms with Gasteiger partial charge in [-0.3, -0.25) is 0 Å². The lowest BCUT2D eigenvalue weighted by Crippen LogP contribution is -2.21. The molecule has 0 aliphatic carbocycles. The van der Waals surface area contributed by atoms with E-state index in [4.69, 9.17) is 0 Å². The number of likely N-dealkylation sites (N-methyl/N-ethyl adjacent to an activating group) is 1. The average molecular weight is 354 g/mol. The molecule has 0 heterocycles. The highest BCUT2D eigenvalue weighted by Crippen LogP contribution is 2.27. The number of aryl methyl sites for hydroxylation is 2. The minimum atomic E-state index is -0.451. The number of nitrogens with one attached hydrogen (secondary N) is 1. The highest BCUT2D eigenvalue weighted by atomic mass is 79.9. The fraction of sp³-hybridized carbons (Fsp3) is 0.294. The molecule has 1 nitrogen and oxygen atoms in total. The van der Waals surface area contributed by atoms with E-state index in [-0.39, 0.29) is 10.5 Å². The highest BCUT2D eigenvalue weighted by molar-refractivity contribution is 9.10. The Hall–Kier alpha value is -1.26. The molecule has 2 aromatic carbocycles. The predicted octanol–water partition coefficient (Wildman–Crippen LogP) is 4.85. The Bertz CT molecular complexity index is 655. The van der Waals surface area contributed by atoms with Gasteiger partial charge in [-0.15, -0.1) is 0 Å². The Balaban J connectivity index is 2.36. The Labute approximate surface area is 132 Å². The second kappa shape index (κ2) is 6.67. The van der Waals surface area contributed by atoms with Crippen LogP contribution in [0.3, 0.4) is 0 Å². The Morgan fingerprint density at radius 2 is 1.81 bits per heavy atom. The summed E-state index contributed by atoms with van der Waals surface area (Å²) in [5.41, 5.74) is 3.79. The van der Waals surface area contributed by atoms with Crippen LogP contribution in [0.1, 0.15) is 28.3 Å². The maximum atomic E-state index is 14.1. The van der Waals surface area contributed by atoms with Crippen LogP contribution in [0.5, 0.6) is 0 Å². The zero-order chi connectivity index (χ0) is 15.6. The van der Waals surface area contributed by atoms with Gasteiger partial charge in [-0.2, -0.15) is 0 Å². The van der Waals surface area contributed by atoms with Crippen LogP contribution in [0.25, 0.3) is 0 Å². The van der Waals surface area contributed by atoms with Crippen molar-refractivity contribution in [2.24, 2.45) is 0 Å². The maximum Gasteiger partial charge on any atom is 0.137 e. The molecule has 0 aromatic heterocycles. The zero-order valence-corrected chi connectivity index (χ0v) is 13.9. The second-order valence-corrected chi connectivity index (χ2v) is 6.12. The van der Waals surface area contributed by atoms with Crippen molar-refractivity contribution in [3.63, 3.8) is 0 Å². The van der Waals surface area contributed by atoms with E-state index in [0.29, 0.717) is 12.0 Å². The van der Waals surface area contributed by atoms with Gasteiger partial charge in [0, 0.05) is 11.6 Å². The quantitative estimate of drug-likeness (QED) is 0.775. The number of halogens is 3. The van der Waals surface area contributed by atoms with Crippen LogP contribution < -0.4 is 5.32 Å². The Morgan fingerprint density at radius 1 is 1.10 bits per heavy atom. The van der Waals surface area contributed by atoms with E-state index in [1.807, 2.05) is 19.9 Å². The number of rotatable bonds is 4. The SMILES string of the molecule is CNC(Cc1cc(C)ccc1C)c1cc(F)c(Br)cc1F. The summed E-state index contributed by atoms with van der Waals surface area (Å²) in [5.74, 6) is -0.861. The molecule has 0 saturated carbocycles. The van der Waals surface area contributed by atoms with Gasteiger partial charge in [-0.25, -0.2) is 8.78 Å². The first-order chi connectivity index (χ1) is 9.92. The Kier molecular flexibility index (Phi) is 5.12. The van der Waals surface area contributed by atoms with Gasteiger partial charge in [0.15, 0.2) is 0 Å².